The van der Waals surface area contributed by atoms with E-state index in [0.717, 1.165) is 22.4 Å². The Morgan fingerprint density at radius 3 is 2.28 bits per heavy atom. The molecule has 1 amide bonds. The lowest BCUT2D eigenvalue weighted by Gasteiger charge is -2.33. The minimum absolute atomic E-state index is 0.0654. The summed E-state index contributed by atoms with van der Waals surface area (Å²) < 4.78 is 32.9. The molecule has 0 atom stereocenters. The lowest BCUT2D eigenvalue weighted by molar-refractivity contribution is 0.0702. The van der Waals surface area contributed by atoms with Crippen LogP contribution in [0.4, 0.5) is 0 Å². The SMILES string of the molecule is Cc1cc(C)cc(OCc2csc(C(=O)N3CCN(S(=O)(=O)c4ccccc4)CC3)c2)c1. The van der Waals surface area contributed by atoms with Crippen LogP contribution >= 0.6 is 11.3 Å². The zero-order valence-corrected chi connectivity index (χ0v) is 19.8. The van der Waals surface area contributed by atoms with Crippen molar-refractivity contribution in [3.05, 3.63) is 81.5 Å². The summed E-state index contributed by atoms with van der Waals surface area (Å²) in [6, 6.07) is 16.4. The van der Waals surface area contributed by atoms with Crippen molar-refractivity contribution in [2.75, 3.05) is 26.2 Å². The maximum Gasteiger partial charge on any atom is 0.264 e. The topological polar surface area (TPSA) is 66.9 Å². The van der Waals surface area contributed by atoms with Crippen molar-refractivity contribution in [2.45, 2.75) is 25.3 Å². The molecule has 0 unspecified atom stereocenters. The lowest BCUT2D eigenvalue weighted by atomic mass is 10.1. The molecule has 32 heavy (non-hydrogen) atoms. The van der Waals surface area contributed by atoms with E-state index in [1.54, 1.807) is 35.2 Å². The lowest BCUT2D eigenvalue weighted by Crippen LogP contribution is -2.50. The van der Waals surface area contributed by atoms with Crippen molar-refractivity contribution in [1.29, 1.82) is 0 Å². The first-order valence-corrected chi connectivity index (χ1v) is 12.8. The quantitative estimate of drug-likeness (QED) is 0.544. The predicted octanol–water partition coefficient (Wildman–Crippen LogP) is 4.09. The van der Waals surface area contributed by atoms with Gasteiger partial charge in [-0.2, -0.15) is 4.31 Å². The van der Waals surface area contributed by atoms with E-state index in [1.807, 2.05) is 37.4 Å². The van der Waals surface area contributed by atoms with E-state index < -0.39 is 10.0 Å². The third kappa shape index (κ3) is 5.03. The molecular formula is C24H26N2O4S2. The summed E-state index contributed by atoms with van der Waals surface area (Å²) >= 11 is 1.39. The molecule has 1 aliphatic heterocycles. The molecule has 8 heteroatoms. The Morgan fingerprint density at radius 2 is 1.62 bits per heavy atom. The molecule has 3 aromatic rings. The van der Waals surface area contributed by atoms with Crippen molar-refractivity contribution >= 4 is 27.3 Å². The molecule has 1 aliphatic rings. The van der Waals surface area contributed by atoms with Gasteiger partial charge in [0.2, 0.25) is 10.0 Å². The van der Waals surface area contributed by atoms with Crippen LogP contribution in [0.15, 0.2) is 64.9 Å². The van der Waals surface area contributed by atoms with Crippen molar-refractivity contribution in [1.82, 2.24) is 9.21 Å². The number of carbonyl (C=O) groups is 1. The highest BCUT2D eigenvalue weighted by Gasteiger charge is 2.30. The highest BCUT2D eigenvalue weighted by atomic mass is 32.2. The third-order valence-electron chi connectivity index (χ3n) is 5.37. The van der Waals surface area contributed by atoms with Crippen LogP contribution in [-0.2, 0) is 16.6 Å². The molecule has 6 nitrogen and oxygen atoms in total. The largest absolute Gasteiger partial charge is 0.489 e. The van der Waals surface area contributed by atoms with Crippen LogP contribution < -0.4 is 4.74 Å². The molecule has 1 aromatic heterocycles. The third-order valence-corrected chi connectivity index (χ3v) is 8.25. The zero-order chi connectivity index (χ0) is 22.7. The number of benzene rings is 2. The van der Waals surface area contributed by atoms with Crippen LogP contribution in [-0.4, -0.2) is 49.7 Å². The number of rotatable bonds is 6. The van der Waals surface area contributed by atoms with E-state index in [4.69, 9.17) is 4.74 Å². The molecule has 0 bridgehead atoms. The second kappa shape index (κ2) is 9.44. The van der Waals surface area contributed by atoms with Gasteiger partial charge in [-0.05, 0) is 60.7 Å². The van der Waals surface area contributed by atoms with Gasteiger partial charge in [-0.3, -0.25) is 4.79 Å². The van der Waals surface area contributed by atoms with Crippen LogP contribution in [0.5, 0.6) is 5.75 Å². The van der Waals surface area contributed by atoms with Gasteiger partial charge in [-0.1, -0.05) is 24.3 Å². The summed E-state index contributed by atoms with van der Waals surface area (Å²) in [6.07, 6.45) is 0. The fraction of sp³-hybridized carbons (Fsp3) is 0.292. The Balaban J connectivity index is 1.34. The van der Waals surface area contributed by atoms with Gasteiger partial charge in [0.05, 0.1) is 9.77 Å². The number of hydrogen-bond acceptors (Lipinski definition) is 5. The van der Waals surface area contributed by atoms with E-state index in [9.17, 15) is 13.2 Å². The molecule has 0 radical (unpaired) electrons. The van der Waals surface area contributed by atoms with E-state index in [-0.39, 0.29) is 23.9 Å². The Kier molecular flexibility index (Phi) is 6.64. The minimum Gasteiger partial charge on any atom is -0.489 e. The molecule has 2 heterocycles. The molecule has 0 aliphatic carbocycles. The average molecular weight is 471 g/mol. The monoisotopic (exact) mass is 470 g/mol. The smallest absolute Gasteiger partial charge is 0.264 e. The predicted molar refractivity (Wildman–Crippen MR) is 126 cm³/mol. The summed E-state index contributed by atoms with van der Waals surface area (Å²) in [5.74, 6) is 0.752. The van der Waals surface area contributed by atoms with Gasteiger partial charge in [-0.15, -0.1) is 11.3 Å². The molecular weight excluding hydrogens is 444 g/mol. The summed E-state index contributed by atoms with van der Waals surface area (Å²) in [5, 5.41) is 1.94. The number of amides is 1. The number of ether oxygens (including phenoxy) is 1. The maximum absolute atomic E-state index is 12.9. The van der Waals surface area contributed by atoms with Crippen molar-refractivity contribution in [2.24, 2.45) is 0 Å². The average Bonchev–Trinajstić information content (AvgIpc) is 3.26. The highest BCUT2D eigenvalue weighted by Crippen LogP contribution is 2.23. The standard InChI is InChI=1S/C24H26N2O4S2/c1-18-12-19(2)14-21(13-18)30-16-20-15-23(31-17-20)24(27)25-8-10-26(11-9-25)32(28,29)22-6-4-3-5-7-22/h3-7,12-15,17H,8-11,16H2,1-2H3. The van der Waals surface area contributed by atoms with Crippen LogP contribution in [0.1, 0.15) is 26.4 Å². The summed E-state index contributed by atoms with van der Waals surface area (Å²) in [4.78, 5) is 15.6. The fourth-order valence-electron chi connectivity index (χ4n) is 3.78. The second-order valence-electron chi connectivity index (χ2n) is 7.94. The first kappa shape index (κ1) is 22.5. The van der Waals surface area contributed by atoms with Crippen LogP contribution in [0.2, 0.25) is 0 Å². The van der Waals surface area contributed by atoms with Gasteiger partial charge in [0, 0.05) is 31.7 Å². The van der Waals surface area contributed by atoms with Crippen molar-refractivity contribution in [3.8, 4) is 5.75 Å². The fourth-order valence-corrected chi connectivity index (χ4v) is 6.08. The Bertz CT molecular complexity index is 1180. The zero-order valence-electron chi connectivity index (χ0n) is 18.2. The van der Waals surface area contributed by atoms with E-state index in [1.165, 1.54) is 15.6 Å². The summed E-state index contributed by atoms with van der Waals surface area (Å²) in [6.45, 7) is 5.79. The summed E-state index contributed by atoms with van der Waals surface area (Å²) in [7, 11) is -3.53. The minimum atomic E-state index is -3.53. The van der Waals surface area contributed by atoms with Crippen molar-refractivity contribution in [3.63, 3.8) is 0 Å². The number of piperazine rings is 1. The van der Waals surface area contributed by atoms with E-state index in [2.05, 4.69) is 6.07 Å². The Hall–Kier alpha value is -2.68. The first-order chi connectivity index (χ1) is 15.3. The number of thiophene rings is 1. The van der Waals surface area contributed by atoms with Crippen LogP contribution in [0.25, 0.3) is 0 Å². The summed E-state index contributed by atoms with van der Waals surface area (Å²) in [5.41, 5.74) is 3.24. The first-order valence-electron chi connectivity index (χ1n) is 10.5. The molecule has 0 saturated carbocycles. The van der Waals surface area contributed by atoms with E-state index in [0.29, 0.717) is 24.6 Å². The number of sulfonamides is 1. The van der Waals surface area contributed by atoms with Crippen molar-refractivity contribution < 1.29 is 17.9 Å². The number of aryl methyl sites for hydroxylation is 2. The molecule has 4 rings (SSSR count). The Labute approximate surface area is 193 Å². The van der Waals surface area contributed by atoms with Crippen LogP contribution in [0.3, 0.4) is 0 Å². The number of nitrogens with zero attached hydrogens (tertiary/aromatic N) is 2. The normalized spacial score (nSPS) is 15.0. The maximum atomic E-state index is 12.9. The molecule has 2 aromatic carbocycles. The van der Waals surface area contributed by atoms with Crippen LogP contribution in [0, 0.1) is 13.8 Å². The highest BCUT2D eigenvalue weighted by molar-refractivity contribution is 7.89. The second-order valence-corrected chi connectivity index (χ2v) is 10.8. The van der Waals surface area contributed by atoms with Gasteiger partial charge < -0.3 is 9.64 Å². The van der Waals surface area contributed by atoms with Gasteiger partial charge in [0.15, 0.2) is 0 Å². The number of hydrogen-bond donors (Lipinski definition) is 0. The van der Waals surface area contributed by atoms with Gasteiger partial charge in [0.1, 0.15) is 12.4 Å². The molecule has 0 spiro atoms. The van der Waals surface area contributed by atoms with E-state index >= 15 is 0 Å². The molecule has 1 saturated heterocycles. The van der Waals surface area contributed by atoms with Gasteiger partial charge in [0.25, 0.3) is 5.91 Å². The van der Waals surface area contributed by atoms with Gasteiger partial charge >= 0.3 is 0 Å². The molecule has 0 N–H and O–H groups in total. The molecule has 168 valence electrons. The molecule has 1 fully saturated rings. The Morgan fingerprint density at radius 1 is 0.969 bits per heavy atom. The number of carbonyl (C=O) groups excluding carboxylic acids is 1. The van der Waals surface area contributed by atoms with Gasteiger partial charge in [-0.25, -0.2) is 8.42 Å².